The number of nitrogens with one attached hydrogen (secondary N) is 1. The Morgan fingerprint density at radius 1 is 1.10 bits per heavy atom. The van der Waals surface area contributed by atoms with E-state index in [0.29, 0.717) is 0 Å². The second-order valence-electron chi connectivity index (χ2n) is 4.76. The SMILES string of the molecule is Cc1ccc(S(=O)(=O)NCC(C#N)c2ccccc2)cc1. The van der Waals surface area contributed by atoms with Crippen LogP contribution in [0.1, 0.15) is 17.0 Å². The molecule has 0 amide bonds. The van der Waals surface area contributed by atoms with Gasteiger partial charge in [-0.25, -0.2) is 13.1 Å². The Labute approximate surface area is 125 Å². The summed E-state index contributed by atoms with van der Waals surface area (Å²) in [5.74, 6) is -0.508. The molecule has 0 heterocycles. The Kier molecular flexibility index (Phi) is 4.73. The van der Waals surface area contributed by atoms with Crippen molar-refractivity contribution in [1.82, 2.24) is 4.72 Å². The Hall–Kier alpha value is -2.16. The molecule has 0 fully saturated rings. The van der Waals surface area contributed by atoms with Crippen molar-refractivity contribution in [3.8, 4) is 6.07 Å². The molecule has 0 bridgehead atoms. The molecule has 0 saturated carbocycles. The molecule has 0 spiro atoms. The lowest BCUT2D eigenvalue weighted by Gasteiger charge is -2.11. The highest BCUT2D eigenvalue weighted by Crippen LogP contribution is 2.15. The largest absolute Gasteiger partial charge is 0.240 e. The van der Waals surface area contributed by atoms with Gasteiger partial charge in [0.1, 0.15) is 0 Å². The molecule has 4 nitrogen and oxygen atoms in total. The summed E-state index contributed by atoms with van der Waals surface area (Å²) in [5, 5.41) is 9.20. The summed E-state index contributed by atoms with van der Waals surface area (Å²) in [5.41, 5.74) is 1.79. The van der Waals surface area contributed by atoms with Gasteiger partial charge >= 0.3 is 0 Å². The fourth-order valence-electron chi connectivity index (χ4n) is 1.92. The number of sulfonamides is 1. The molecule has 0 aromatic heterocycles. The second-order valence-corrected chi connectivity index (χ2v) is 6.52. The number of aryl methyl sites for hydroxylation is 1. The van der Waals surface area contributed by atoms with Crippen LogP contribution >= 0.6 is 0 Å². The fourth-order valence-corrected chi connectivity index (χ4v) is 2.96. The van der Waals surface area contributed by atoms with Gasteiger partial charge in [0, 0.05) is 6.54 Å². The molecule has 0 aliphatic heterocycles. The van der Waals surface area contributed by atoms with E-state index in [1.165, 1.54) is 0 Å². The Morgan fingerprint density at radius 3 is 2.29 bits per heavy atom. The minimum Gasteiger partial charge on any atom is -0.209 e. The van der Waals surface area contributed by atoms with Gasteiger partial charge in [0.15, 0.2) is 0 Å². The Balaban J connectivity index is 2.11. The van der Waals surface area contributed by atoms with Crippen molar-refractivity contribution < 1.29 is 8.42 Å². The third-order valence-corrected chi connectivity index (χ3v) is 4.61. The fraction of sp³-hybridized carbons (Fsp3) is 0.188. The van der Waals surface area contributed by atoms with Crippen molar-refractivity contribution in [2.24, 2.45) is 0 Å². The molecular formula is C16H16N2O2S. The lowest BCUT2D eigenvalue weighted by Crippen LogP contribution is -2.28. The van der Waals surface area contributed by atoms with Crippen LogP contribution in [0.5, 0.6) is 0 Å². The number of hydrogen-bond donors (Lipinski definition) is 1. The molecule has 108 valence electrons. The third kappa shape index (κ3) is 3.91. The number of rotatable bonds is 5. The maximum Gasteiger partial charge on any atom is 0.240 e. The van der Waals surface area contributed by atoms with Crippen molar-refractivity contribution in [2.75, 3.05) is 6.54 Å². The van der Waals surface area contributed by atoms with E-state index in [-0.39, 0.29) is 11.4 Å². The molecule has 2 aromatic rings. The van der Waals surface area contributed by atoms with Gasteiger partial charge in [-0.3, -0.25) is 0 Å². The van der Waals surface area contributed by atoms with Crippen LogP contribution in [0.15, 0.2) is 59.5 Å². The molecular weight excluding hydrogens is 284 g/mol. The summed E-state index contributed by atoms with van der Waals surface area (Å²) in [6, 6.07) is 17.9. The summed E-state index contributed by atoms with van der Waals surface area (Å²) in [4.78, 5) is 0.206. The van der Waals surface area contributed by atoms with Gasteiger partial charge in [0.2, 0.25) is 10.0 Å². The zero-order valence-electron chi connectivity index (χ0n) is 11.7. The van der Waals surface area contributed by atoms with Crippen LogP contribution in [0.3, 0.4) is 0 Å². The zero-order chi connectivity index (χ0) is 15.3. The number of nitriles is 1. The molecule has 0 aliphatic rings. The van der Waals surface area contributed by atoms with Gasteiger partial charge < -0.3 is 0 Å². The molecule has 0 aliphatic carbocycles. The van der Waals surface area contributed by atoms with Crippen LogP contribution < -0.4 is 4.72 Å². The molecule has 1 atom stereocenters. The first kappa shape index (κ1) is 15.2. The van der Waals surface area contributed by atoms with Gasteiger partial charge in [-0.1, -0.05) is 48.0 Å². The average Bonchev–Trinajstić information content (AvgIpc) is 2.49. The van der Waals surface area contributed by atoms with E-state index in [0.717, 1.165) is 11.1 Å². The standard InChI is InChI=1S/C16H16N2O2S/c1-13-7-9-16(10-8-13)21(19,20)18-12-15(11-17)14-5-3-2-4-6-14/h2-10,15,18H,12H2,1H3. The first-order valence-electron chi connectivity index (χ1n) is 6.54. The molecule has 0 saturated heterocycles. The molecule has 5 heteroatoms. The number of hydrogen-bond acceptors (Lipinski definition) is 3. The first-order chi connectivity index (χ1) is 10.0. The maximum atomic E-state index is 12.2. The summed E-state index contributed by atoms with van der Waals surface area (Å²) in [6.07, 6.45) is 0. The minimum absolute atomic E-state index is 0.0523. The van der Waals surface area contributed by atoms with Crippen molar-refractivity contribution in [3.05, 3.63) is 65.7 Å². The predicted octanol–water partition coefficient (Wildman–Crippen LogP) is 2.58. The molecule has 21 heavy (non-hydrogen) atoms. The van der Waals surface area contributed by atoms with Gasteiger partial charge in [-0.2, -0.15) is 5.26 Å². The maximum absolute atomic E-state index is 12.2. The molecule has 1 N–H and O–H groups in total. The van der Waals surface area contributed by atoms with E-state index in [1.54, 1.807) is 24.3 Å². The topological polar surface area (TPSA) is 70.0 Å². The van der Waals surface area contributed by atoms with Crippen LogP contribution in [0.4, 0.5) is 0 Å². The van der Waals surface area contributed by atoms with Crippen LogP contribution in [0.2, 0.25) is 0 Å². The van der Waals surface area contributed by atoms with Crippen LogP contribution in [-0.4, -0.2) is 15.0 Å². The van der Waals surface area contributed by atoms with Crippen molar-refractivity contribution in [2.45, 2.75) is 17.7 Å². The highest BCUT2D eigenvalue weighted by molar-refractivity contribution is 7.89. The van der Waals surface area contributed by atoms with Crippen LogP contribution in [0.25, 0.3) is 0 Å². The van der Waals surface area contributed by atoms with Gasteiger partial charge in [0.05, 0.1) is 16.9 Å². The number of nitrogens with zero attached hydrogens (tertiary/aromatic N) is 1. The zero-order valence-corrected chi connectivity index (χ0v) is 12.5. The summed E-state index contributed by atoms with van der Waals surface area (Å²) >= 11 is 0. The van der Waals surface area contributed by atoms with Crippen molar-refractivity contribution in [3.63, 3.8) is 0 Å². The van der Waals surface area contributed by atoms with Crippen molar-refractivity contribution >= 4 is 10.0 Å². The second kappa shape index (κ2) is 6.53. The Morgan fingerprint density at radius 2 is 1.71 bits per heavy atom. The highest BCUT2D eigenvalue weighted by Gasteiger charge is 2.17. The van der Waals surface area contributed by atoms with Crippen LogP contribution in [0, 0.1) is 18.3 Å². The van der Waals surface area contributed by atoms with E-state index in [2.05, 4.69) is 10.8 Å². The Bertz CT molecular complexity index is 732. The number of benzene rings is 2. The van der Waals surface area contributed by atoms with E-state index in [4.69, 9.17) is 0 Å². The lowest BCUT2D eigenvalue weighted by molar-refractivity contribution is 0.579. The average molecular weight is 300 g/mol. The smallest absolute Gasteiger partial charge is 0.209 e. The van der Waals surface area contributed by atoms with E-state index >= 15 is 0 Å². The van der Waals surface area contributed by atoms with E-state index in [9.17, 15) is 13.7 Å². The van der Waals surface area contributed by atoms with Gasteiger partial charge in [-0.15, -0.1) is 0 Å². The van der Waals surface area contributed by atoms with Gasteiger partial charge in [0.25, 0.3) is 0 Å². The summed E-state index contributed by atoms with van der Waals surface area (Å²) in [6.45, 7) is 1.95. The highest BCUT2D eigenvalue weighted by atomic mass is 32.2. The van der Waals surface area contributed by atoms with Crippen LogP contribution in [-0.2, 0) is 10.0 Å². The normalized spacial score (nSPS) is 12.6. The lowest BCUT2D eigenvalue weighted by atomic mass is 10.0. The summed E-state index contributed by atoms with van der Waals surface area (Å²) < 4.78 is 26.8. The van der Waals surface area contributed by atoms with E-state index < -0.39 is 15.9 Å². The van der Waals surface area contributed by atoms with Crippen molar-refractivity contribution in [1.29, 1.82) is 5.26 Å². The summed E-state index contributed by atoms with van der Waals surface area (Å²) in [7, 11) is -3.59. The molecule has 0 radical (unpaired) electrons. The predicted molar refractivity (Wildman–Crippen MR) is 81.2 cm³/mol. The van der Waals surface area contributed by atoms with Gasteiger partial charge in [-0.05, 0) is 24.6 Å². The minimum atomic E-state index is -3.59. The first-order valence-corrected chi connectivity index (χ1v) is 8.02. The molecule has 1 unspecified atom stereocenters. The third-order valence-electron chi connectivity index (χ3n) is 3.17. The quantitative estimate of drug-likeness (QED) is 0.922. The van der Waals surface area contributed by atoms with E-state index in [1.807, 2.05) is 37.3 Å². The molecule has 2 rings (SSSR count). The monoisotopic (exact) mass is 300 g/mol. The molecule has 2 aromatic carbocycles.